The van der Waals surface area contributed by atoms with Crippen LogP contribution in [0, 0.1) is 0 Å². The molecule has 47 heavy (non-hydrogen) atoms. The Balaban J connectivity index is 3.76. The van der Waals surface area contributed by atoms with Crippen LogP contribution < -0.4 is 5.32 Å². The lowest BCUT2D eigenvalue weighted by Crippen LogP contribution is -2.32. The molecular weight excluding hydrogens is 578 g/mol. The van der Waals surface area contributed by atoms with Gasteiger partial charge < -0.3 is 14.8 Å². The Hall–Kier alpha value is -0.770. The van der Waals surface area contributed by atoms with Gasteiger partial charge in [-0.2, -0.15) is 0 Å². The molecule has 0 saturated carbocycles. The van der Waals surface area contributed by atoms with Gasteiger partial charge in [-0.25, -0.2) is 4.79 Å². The van der Waals surface area contributed by atoms with Gasteiger partial charge in [0.15, 0.2) is 0 Å². The summed E-state index contributed by atoms with van der Waals surface area (Å²) in [4.78, 5) is 12.3. The van der Waals surface area contributed by atoms with Crippen LogP contribution in [0.3, 0.4) is 0 Å². The van der Waals surface area contributed by atoms with E-state index in [-0.39, 0.29) is 12.2 Å². The molecule has 0 saturated heterocycles. The summed E-state index contributed by atoms with van der Waals surface area (Å²) in [7, 11) is 0. The maximum atomic E-state index is 12.3. The Kier molecular flexibility index (Phi) is 40.7. The lowest BCUT2D eigenvalue weighted by molar-refractivity contribution is 0.0138. The molecule has 0 aliphatic rings. The monoisotopic (exact) mass is 666 g/mol. The quantitative estimate of drug-likeness (QED) is 0.0663. The van der Waals surface area contributed by atoms with Crippen LogP contribution in [0.15, 0.2) is 0 Å². The molecule has 282 valence electrons. The maximum Gasteiger partial charge on any atom is 0.407 e. The average molecular weight is 666 g/mol. The minimum atomic E-state index is -0.272. The van der Waals surface area contributed by atoms with Gasteiger partial charge in [0.05, 0.1) is 6.61 Å². The molecule has 0 aromatic carbocycles. The molecule has 0 aromatic rings. The number of carbonyl (C=O) groups is 1. The van der Waals surface area contributed by atoms with Crippen molar-refractivity contribution in [3.8, 4) is 0 Å². The van der Waals surface area contributed by atoms with E-state index in [1.54, 1.807) is 0 Å². The molecule has 0 aliphatic heterocycles. The molecule has 0 aliphatic carbocycles. The fourth-order valence-electron chi connectivity index (χ4n) is 6.62. The van der Waals surface area contributed by atoms with Crippen molar-refractivity contribution in [3.05, 3.63) is 0 Å². The first kappa shape index (κ1) is 46.2. The summed E-state index contributed by atoms with van der Waals surface area (Å²) in [5.74, 6) is 0. The Labute approximate surface area is 296 Å². The van der Waals surface area contributed by atoms with Crippen molar-refractivity contribution in [2.75, 3.05) is 19.8 Å². The maximum absolute atomic E-state index is 12.3. The zero-order chi connectivity index (χ0) is 34.1. The Morgan fingerprint density at radius 1 is 0.426 bits per heavy atom. The number of unbranched alkanes of at least 4 members (excludes halogenated alkanes) is 31. The van der Waals surface area contributed by atoms with E-state index in [2.05, 4.69) is 26.1 Å². The first-order chi connectivity index (χ1) is 23.2. The summed E-state index contributed by atoms with van der Waals surface area (Å²) < 4.78 is 11.8. The van der Waals surface area contributed by atoms with Gasteiger partial charge in [-0.15, -0.1) is 0 Å². The molecular formula is C43H87NO3. The van der Waals surface area contributed by atoms with Crippen LogP contribution in [0.5, 0.6) is 0 Å². The summed E-state index contributed by atoms with van der Waals surface area (Å²) in [6.07, 6.45) is 46.7. The van der Waals surface area contributed by atoms with Gasteiger partial charge in [0.2, 0.25) is 0 Å². The molecule has 0 radical (unpaired) electrons. The summed E-state index contributed by atoms with van der Waals surface area (Å²) >= 11 is 0. The lowest BCUT2D eigenvalue weighted by atomic mass is 10.0. The first-order valence-corrected chi connectivity index (χ1v) is 21.8. The van der Waals surface area contributed by atoms with E-state index in [9.17, 15) is 4.79 Å². The van der Waals surface area contributed by atoms with E-state index in [1.165, 1.54) is 193 Å². The lowest BCUT2D eigenvalue weighted by Gasteiger charge is -2.18. The van der Waals surface area contributed by atoms with E-state index >= 15 is 0 Å². The van der Waals surface area contributed by atoms with Crippen molar-refractivity contribution in [2.45, 2.75) is 252 Å². The second-order valence-electron chi connectivity index (χ2n) is 14.8. The average Bonchev–Trinajstić information content (AvgIpc) is 3.07. The van der Waals surface area contributed by atoms with Gasteiger partial charge >= 0.3 is 6.09 Å². The number of ether oxygens (including phenoxy) is 2. The molecule has 1 amide bonds. The minimum absolute atomic E-state index is 0.121. The number of amides is 1. The van der Waals surface area contributed by atoms with Gasteiger partial charge in [0.1, 0.15) is 6.10 Å². The standard InChI is InChI=1S/C43H87NO3/c1-4-7-10-12-14-16-18-20-22-24-26-28-30-32-34-36-38-42(47-43(45)44-39-9-6-3)41-46-40-37-35-33-31-29-27-25-23-21-19-17-15-13-11-8-5-2/h42H,4-41H2,1-3H3,(H,44,45). The number of rotatable bonds is 40. The van der Waals surface area contributed by atoms with Crippen molar-refractivity contribution in [3.63, 3.8) is 0 Å². The van der Waals surface area contributed by atoms with Gasteiger partial charge in [0, 0.05) is 13.2 Å². The highest BCUT2D eigenvalue weighted by Gasteiger charge is 2.14. The third-order valence-electron chi connectivity index (χ3n) is 9.90. The smallest absolute Gasteiger partial charge is 0.407 e. The van der Waals surface area contributed by atoms with Crippen molar-refractivity contribution in [2.24, 2.45) is 0 Å². The van der Waals surface area contributed by atoms with Crippen LogP contribution in [-0.2, 0) is 9.47 Å². The fourth-order valence-corrected chi connectivity index (χ4v) is 6.62. The number of hydrogen-bond donors (Lipinski definition) is 1. The van der Waals surface area contributed by atoms with Crippen molar-refractivity contribution < 1.29 is 14.3 Å². The van der Waals surface area contributed by atoms with E-state index < -0.39 is 0 Å². The number of hydrogen-bond acceptors (Lipinski definition) is 3. The largest absolute Gasteiger partial charge is 0.444 e. The molecule has 0 heterocycles. The molecule has 0 rings (SSSR count). The third kappa shape index (κ3) is 39.6. The molecule has 4 nitrogen and oxygen atoms in total. The van der Waals surface area contributed by atoms with Gasteiger partial charge in [-0.3, -0.25) is 0 Å². The van der Waals surface area contributed by atoms with Crippen LogP contribution in [-0.4, -0.2) is 32.0 Å². The number of nitrogens with one attached hydrogen (secondary N) is 1. The molecule has 0 spiro atoms. The zero-order valence-corrected chi connectivity index (χ0v) is 32.7. The van der Waals surface area contributed by atoms with E-state index in [4.69, 9.17) is 9.47 Å². The van der Waals surface area contributed by atoms with E-state index in [0.29, 0.717) is 13.2 Å². The fraction of sp³-hybridized carbons (Fsp3) is 0.977. The van der Waals surface area contributed by atoms with Crippen LogP contribution >= 0.6 is 0 Å². The summed E-state index contributed by atoms with van der Waals surface area (Å²) in [6.45, 7) is 8.75. The molecule has 0 fully saturated rings. The van der Waals surface area contributed by atoms with Gasteiger partial charge in [-0.1, -0.05) is 220 Å². The highest BCUT2D eigenvalue weighted by atomic mass is 16.6. The predicted molar refractivity (Wildman–Crippen MR) is 208 cm³/mol. The summed E-state index contributed by atoms with van der Waals surface area (Å²) in [5.41, 5.74) is 0. The highest BCUT2D eigenvalue weighted by Crippen LogP contribution is 2.16. The second-order valence-corrected chi connectivity index (χ2v) is 14.8. The Morgan fingerprint density at radius 3 is 1.11 bits per heavy atom. The van der Waals surface area contributed by atoms with Crippen LogP contribution in [0.2, 0.25) is 0 Å². The van der Waals surface area contributed by atoms with Crippen LogP contribution in [0.1, 0.15) is 245 Å². The minimum Gasteiger partial charge on any atom is -0.444 e. The number of alkyl carbamates (subject to hydrolysis) is 1. The van der Waals surface area contributed by atoms with Crippen LogP contribution in [0.25, 0.3) is 0 Å². The molecule has 1 unspecified atom stereocenters. The Bertz CT molecular complexity index is 583. The molecule has 0 aromatic heterocycles. The topological polar surface area (TPSA) is 47.6 Å². The third-order valence-corrected chi connectivity index (χ3v) is 9.90. The highest BCUT2D eigenvalue weighted by molar-refractivity contribution is 5.67. The molecule has 4 heteroatoms. The van der Waals surface area contributed by atoms with Gasteiger partial charge in [-0.05, 0) is 25.7 Å². The first-order valence-electron chi connectivity index (χ1n) is 21.8. The predicted octanol–water partition coefficient (Wildman–Crippen LogP) is 14.8. The van der Waals surface area contributed by atoms with Crippen molar-refractivity contribution in [1.82, 2.24) is 5.32 Å². The number of carbonyl (C=O) groups excluding carboxylic acids is 1. The van der Waals surface area contributed by atoms with Crippen molar-refractivity contribution >= 4 is 6.09 Å². The second kappa shape index (κ2) is 41.4. The Morgan fingerprint density at radius 2 is 0.745 bits per heavy atom. The SMILES string of the molecule is CCCCCCCCCCCCCCCCCCOCC(CCCCCCCCCCCCCCCCCC)OC(=O)NCCCC. The zero-order valence-electron chi connectivity index (χ0n) is 32.7. The summed E-state index contributed by atoms with van der Waals surface area (Å²) in [5, 5.41) is 2.91. The molecule has 0 bridgehead atoms. The van der Waals surface area contributed by atoms with Crippen molar-refractivity contribution in [1.29, 1.82) is 0 Å². The van der Waals surface area contributed by atoms with E-state index in [0.717, 1.165) is 38.7 Å². The van der Waals surface area contributed by atoms with Crippen LogP contribution in [0.4, 0.5) is 4.79 Å². The van der Waals surface area contributed by atoms with Gasteiger partial charge in [0.25, 0.3) is 0 Å². The molecule has 1 N–H and O–H groups in total. The van der Waals surface area contributed by atoms with E-state index in [1.807, 2.05) is 0 Å². The summed E-state index contributed by atoms with van der Waals surface area (Å²) in [6, 6.07) is 0. The normalized spacial score (nSPS) is 12.1. The molecule has 1 atom stereocenters.